The van der Waals surface area contributed by atoms with E-state index >= 15 is 0 Å². The molecule has 58 valence electrons. The number of aliphatic hydroxyl groups is 1. The monoisotopic (exact) mass is 155 g/mol. The fourth-order valence-electron chi connectivity index (χ4n) is 0.158. The molecule has 0 aromatic carbocycles. The maximum Gasteiger partial charge on any atom is 2.00 e. The molecule has 1 N–H and O–H groups in total. The van der Waals surface area contributed by atoms with E-state index in [1.807, 2.05) is 0 Å². The Morgan fingerprint density at radius 1 is 1.20 bits per heavy atom. The quantitative estimate of drug-likeness (QED) is 0.488. The Kier molecular flexibility index (Phi) is 38.4. The van der Waals surface area contributed by atoms with Crippen LogP contribution in [0.15, 0.2) is 0 Å². The summed E-state index contributed by atoms with van der Waals surface area (Å²) in [5, 5.41) is 8.07. The van der Waals surface area contributed by atoms with Crippen LogP contribution in [0.4, 0.5) is 0 Å². The smallest absolute Gasteiger partial charge is 0.396 e. The van der Waals surface area contributed by atoms with E-state index in [1.54, 1.807) is 0 Å². The van der Waals surface area contributed by atoms with Gasteiger partial charge in [-0.1, -0.05) is 26.7 Å². The van der Waals surface area contributed by atoms with Crippen LogP contribution in [0.1, 0.15) is 39.5 Å². The summed E-state index contributed by atoms with van der Waals surface area (Å²) in [5.41, 5.74) is 0. The summed E-state index contributed by atoms with van der Waals surface area (Å²) in [6, 6.07) is 0. The van der Waals surface area contributed by atoms with Crippen LogP contribution in [-0.4, -0.2) is 34.8 Å². The molecule has 0 saturated heterocycles. The van der Waals surface area contributed by atoms with Crippen LogP contribution in [0.3, 0.4) is 0 Å². The molecule has 0 heterocycles. The topological polar surface area (TPSA) is 20.2 Å². The van der Waals surface area contributed by atoms with Gasteiger partial charge in [0.2, 0.25) is 0 Å². The minimum absolute atomic E-state index is 0. The van der Waals surface area contributed by atoms with Crippen LogP contribution in [0.5, 0.6) is 0 Å². The zero-order valence-corrected chi connectivity index (χ0v) is 8.81. The zero-order valence-electron chi connectivity index (χ0n) is 7.40. The maximum atomic E-state index is 8.07. The van der Waals surface area contributed by atoms with Gasteiger partial charge in [0.15, 0.2) is 0 Å². The van der Waals surface area contributed by atoms with Gasteiger partial charge >= 0.3 is 23.1 Å². The summed E-state index contributed by atoms with van der Waals surface area (Å²) in [6.45, 7) is 8.12. The van der Waals surface area contributed by atoms with Crippen molar-refractivity contribution in [2.45, 2.75) is 39.5 Å². The average molecular weight is 156 g/mol. The number of rotatable bonds is 3. The van der Waals surface area contributed by atoms with Crippen LogP contribution in [0.25, 0.3) is 0 Å². The normalized spacial score (nSPS) is 7.20. The number of hydrogen-bond acceptors (Lipinski definition) is 1. The number of unbranched alkanes of at least 4 members (excludes halogenated alkanes) is 2. The molecule has 0 unspecified atom stereocenters. The minimum atomic E-state index is 0. The second-order valence-corrected chi connectivity index (χ2v) is 1.93. The molecule has 0 aliphatic heterocycles. The SMILES string of the molecule is CCCCO.[CH2-]CCC.[Mg+2]. The molecule has 0 aromatic rings. The van der Waals surface area contributed by atoms with Crippen molar-refractivity contribution in [2.24, 2.45) is 0 Å². The van der Waals surface area contributed by atoms with E-state index in [1.165, 1.54) is 6.42 Å². The summed E-state index contributed by atoms with van der Waals surface area (Å²) in [5.74, 6) is 0. The van der Waals surface area contributed by atoms with Crippen molar-refractivity contribution < 1.29 is 5.11 Å². The van der Waals surface area contributed by atoms with E-state index in [9.17, 15) is 0 Å². The minimum Gasteiger partial charge on any atom is -0.396 e. The molecule has 2 heteroatoms. The van der Waals surface area contributed by atoms with Crippen LogP contribution in [0, 0.1) is 6.92 Å². The van der Waals surface area contributed by atoms with Gasteiger partial charge in [-0.05, 0) is 6.42 Å². The van der Waals surface area contributed by atoms with Crippen LogP contribution in [0.2, 0.25) is 0 Å². The third-order valence-electron chi connectivity index (χ3n) is 0.865. The molecule has 10 heavy (non-hydrogen) atoms. The molecule has 0 radical (unpaired) electrons. The summed E-state index contributed by atoms with van der Waals surface area (Å²) in [6.07, 6.45) is 4.32. The van der Waals surface area contributed by atoms with Crippen molar-refractivity contribution in [2.75, 3.05) is 6.61 Å². The van der Waals surface area contributed by atoms with Gasteiger partial charge in [-0.25, -0.2) is 0 Å². The van der Waals surface area contributed by atoms with E-state index in [2.05, 4.69) is 20.8 Å². The second-order valence-electron chi connectivity index (χ2n) is 1.93. The summed E-state index contributed by atoms with van der Waals surface area (Å²) >= 11 is 0. The van der Waals surface area contributed by atoms with Gasteiger partial charge in [0.05, 0.1) is 0 Å². The Bertz CT molecular complexity index is 28.4. The molecule has 0 fully saturated rings. The van der Waals surface area contributed by atoms with Crippen molar-refractivity contribution in [3.63, 3.8) is 0 Å². The zero-order chi connectivity index (χ0) is 7.54. The molecule has 0 spiro atoms. The average Bonchev–Trinajstić information content (AvgIpc) is 1.91. The molecular weight excluding hydrogens is 136 g/mol. The van der Waals surface area contributed by atoms with Crippen molar-refractivity contribution >= 4 is 23.1 Å². The molecule has 0 atom stereocenters. The van der Waals surface area contributed by atoms with E-state index in [0.29, 0.717) is 6.61 Å². The van der Waals surface area contributed by atoms with Gasteiger partial charge in [-0.3, -0.25) is 0 Å². The molecule has 0 aliphatic rings. The predicted octanol–water partition coefficient (Wildman–Crippen LogP) is 2.02. The first-order chi connectivity index (χ1) is 4.33. The van der Waals surface area contributed by atoms with Crippen molar-refractivity contribution in [3.05, 3.63) is 6.92 Å². The molecule has 0 amide bonds. The van der Waals surface area contributed by atoms with E-state index in [-0.39, 0.29) is 23.1 Å². The molecule has 0 saturated carbocycles. The largest absolute Gasteiger partial charge is 2.00 e. The van der Waals surface area contributed by atoms with E-state index < -0.39 is 0 Å². The van der Waals surface area contributed by atoms with E-state index in [4.69, 9.17) is 5.11 Å². The van der Waals surface area contributed by atoms with Crippen LogP contribution < -0.4 is 0 Å². The summed E-state index contributed by atoms with van der Waals surface area (Å²) in [4.78, 5) is 0. The Hall–Kier alpha value is 0.726. The standard InChI is InChI=1S/C4H10O.C4H9.Mg/c1-2-3-4-5;1-3-4-2;/h5H,2-4H2,1H3;1,3-4H2,2H3;/q;-1;+2. The molecule has 1 nitrogen and oxygen atoms in total. The number of aliphatic hydroxyl groups excluding tert-OH is 1. The summed E-state index contributed by atoms with van der Waals surface area (Å²) < 4.78 is 0. The molecule has 0 rings (SSSR count). The fourth-order valence-corrected chi connectivity index (χ4v) is 0.158. The Morgan fingerprint density at radius 3 is 1.60 bits per heavy atom. The Balaban J connectivity index is -0.0000000910. The van der Waals surface area contributed by atoms with E-state index in [0.717, 1.165) is 19.3 Å². The van der Waals surface area contributed by atoms with Gasteiger partial charge in [-0.2, -0.15) is 6.42 Å². The third-order valence-corrected chi connectivity index (χ3v) is 0.865. The van der Waals surface area contributed by atoms with Gasteiger partial charge in [0, 0.05) is 6.61 Å². The molecule has 0 aromatic heterocycles. The van der Waals surface area contributed by atoms with Gasteiger partial charge in [0.25, 0.3) is 0 Å². The maximum absolute atomic E-state index is 8.07. The molecule has 0 aliphatic carbocycles. The van der Waals surface area contributed by atoms with Crippen molar-refractivity contribution in [3.8, 4) is 0 Å². The van der Waals surface area contributed by atoms with Crippen molar-refractivity contribution in [1.29, 1.82) is 0 Å². The Labute approximate surface area is 81.4 Å². The fraction of sp³-hybridized carbons (Fsp3) is 0.875. The second kappa shape index (κ2) is 22.6. The molecule has 0 bridgehead atoms. The van der Waals surface area contributed by atoms with Gasteiger partial charge < -0.3 is 12.0 Å². The predicted molar refractivity (Wildman–Crippen MR) is 48.0 cm³/mol. The van der Waals surface area contributed by atoms with Gasteiger partial charge in [-0.15, -0.1) is 0 Å². The van der Waals surface area contributed by atoms with Crippen LogP contribution in [-0.2, 0) is 0 Å². The number of hydrogen-bond donors (Lipinski definition) is 1. The molecular formula is C8H19MgO+. The Morgan fingerprint density at radius 2 is 1.60 bits per heavy atom. The first kappa shape index (κ1) is 17.0. The first-order valence-corrected chi connectivity index (χ1v) is 3.73. The van der Waals surface area contributed by atoms with Crippen molar-refractivity contribution in [1.82, 2.24) is 0 Å². The third kappa shape index (κ3) is 37.5. The van der Waals surface area contributed by atoms with Gasteiger partial charge in [0.1, 0.15) is 0 Å². The summed E-state index contributed by atoms with van der Waals surface area (Å²) in [7, 11) is 0. The van der Waals surface area contributed by atoms with Crippen LogP contribution >= 0.6 is 0 Å². The first-order valence-electron chi connectivity index (χ1n) is 3.73.